The first-order valence-corrected chi connectivity index (χ1v) is 5.19. The van der Waals surface area contributed by atoms with Gasteiger partial charge in [0.25, 0.3) is 0 Å². The van der Waals surface area contributed by atoms with Crippen LogP contribution < -0.4 is 10.1 Å². The summed E-state index contributed by atoms with van der Waals surface area (Å²) in [6.07, 6.45) is -1.92. The van der Waals surface area contributed by atoms with E-state index < -0.39 is 12.6 Å². The highest BCUT2D eigenvalue weighted by atomic mass is 19.4. The third kappa shape index (κ3) is 4.60. The molecule has 0 amide bonds. The molecule has 1 aromatic rings. The minimum Gasteiger partial charge on any atom is -0.495 e. The number of pyridine rings is 1. The van der Waals surface area contributed by atoms with Crippen molar-refractivity contribution in [2.45, 2.75) is 25.1 Å². The maximum atomic E-state index is 12.1. The van der Waals surface area contributed by atoms with Crippen LogP contribution in [-0.2, 0) is 0 Å². The van der Waals surface area contributed by atoms with E-state index in [0.717, 1.165) is 0 Å². The van der Waals surface area contributed by atoms with Gasteiger partial charge in [-0.2, -0.15) is 13.2 Å². The Kier molecular flexibility index (Phi) is 4.74. The molecule has 1 rings (SSSR count). The Morgan fingerprint density at radius 2 is 2.12 bits per heavy atom. The van der Waals surface area contributed by atoms with E-state index >= 15 is 0 Å². The van der Waals surface area contributed by atoms with Crippen molar-refractivity contribution in [2.24, 2.45) is 0 Å². The first-order valence-electron chi connectivity index (χ1n) is 5.19. The van der Waals surface area contributed by atoms with Crippen LogP contribution in [0, 0.1) is 0 Å². The van der Waals surface area contributed by atoms with Crippen LogP contribution in [0.2, 0.25) is 0 Å². The van der Waals surface area contributed by atoms with Crippen LogP contribution in [0.15, 0.2) is 18.5 Å². The molecule has 0 fully saturated rings. The van der Waals surface area contributed by atoms with Crippen molar-refractivity contribution in [3.63, 3.8) is 0 Å². The minimum atomic E-state index is -4.14. The number of halogens is 3. The zero-order valence-corrected chi connectivity index (χ0v) is 9.71. The number of methoxy groups -OCH3 is 1. The van der Waals surface area contributed by atoms with E-state index in [2.05, 4.69) is 10.3 Å². The Morgan fingerprint density at radius 3 is 2.65 bits per heavy atom. The molecule has 0 aliphatic heterocycles. The first-order chi connectivity index (χ1) is 7.96. The van der Waals surface area contributed by atoms with Gasteiger partial charge in [0, 0.05) is 18.7 Å². The fourth-order valence-corrected chi connectivity index (χ4v) is 1.52. The molecule has 17 heavy (non-hydrogen) atoms. The molecule has 3 nitrogen and oxygen atoms in total. The molecule has 0 aliphatic rings. The highest BCUT2D eigenvalue weighted by Crippen LogP contribution is 2.28. The van der Waals surface area contributed by atoms with Crippen molar-refractivity contribution in [2.75, 3.05) is 14.2 Å². The van der Waals surface area contributed by atoms with Crippen LogP contribution >= 0.6 is 0 Å². The van der Waals surface area contributed by atoms with Crippen LogP contribution in [0.3, 0.4) is 0 Å². The third-order valence-electron chi connectivity index (χ3n) is 2.44. The summed E-state index contributed by atoms with van der Waals surface area (Å²) in [5, 5.41) is 2.85. The Labute approximate surface area is 98.0 Å². The zero-order valence-electron chi connectivity index (χ0n) is 9.71. The quantitative estimate of drug-likeness (QED) is 0.870. The molecule has 0 aliphatic carbocycles. The molecular formula is C11H15F3N2O. The van der Waals surface area contributed by atoms with Gasteiger partial charge in [-0.25, -0.2) is 0 Å². The van der Waals surface area contributed by atoms with Gasteiger partial charge in [-0.1, -0.05) is 0 Å². The molecule has 0 bridgehead atoms. The topological polar surface area (TPSA) is 34.2 Å². The molecule has 1 aromatic heterocycles. The Bertz CT molecular complexity index is 355. The number of hydrogen-bond acceptors (Lipinski definition) is 3. The summed E-state index contributed by atoms with van der Waals surface area (Å²) < 4.78 is 41.4. The summed E-state index contributed by atoms with van der Waals surface area (Å²) in [6, 6.07) is 1.31. The summed E-state index contributed by atoms with van der Waals surface area (Å²) in [5.74, 6) is 0.537. The summed E-state index contributed by atoms with van der Waals surface area (Å²) in [5.41, 5.74) is 0.691. The summed E-state index contributed by atoms with van der Waals surface area (Å²) >= 11 is 0. The molecule has 1 atom stereocenters. The monoisotopic (exact) mass is 248 g/mol. The van der Waals surface area contributed by atoms with Gasteiger partial charge in [0.05, 0.1) is 13.3 Å². The molecule has 1 N–H and O–H groups in total. The van der Waals surface area contributed by atoms with Crippen LogP contribution in [0.1, 0.15) is 24.4 Å². The second kappa shape index (κ2) is 5.86. The number of rotatable bonds is 5. The van der Waals surface area contributed by atoms with Crippen LogP contribution in [0.5, 0.6) is 5.75 Å². The lowest BCUT2D eigenvalue weighted by atomic mass is 10.0. The first kappa shape index (κ1) is 13.8. The van der Waals surface area contributed by atoms with Gasteiger partial charge in [-0.15, -0.1) is 0 Å². The molecule has 6 heteroatoms. The van der Waals surface area contributed by atoms with E-state index in [1.165, 1.54) is 13.3 Å². The average Bonchev–Trinajstić information content (AvgIpc) is 2.29. The Morgan fingerprint density at radius 1 is 1.41 bits per heavy atom. The van der Waals surface area contributed by atoms with Crippen LogP contribution in [-0.4, -0.2) is 25.3 Å². The van der Waals surface area contributed by atoms with Crippen molar-refractivity contribution in [3.05, 3.63) is 24.0 Å². The predicted molar refractivity (Wildman–Crippen MR) is 57.9 cm³/mol. The number of hydrogen-bond donors (Lipinski definition) is 1. The van der Waals surface area contributed by atoms with E-state index in [0.29, 0.717) is 11.3 Å². The molecule has 96 valence electrons. The van der Waals surface area contributed by atoms with Crippen molar-refractivity contribution in [1.82, 2.24) is 10.3 Å². The van der Waals surface area contributed by atoms with Gasteiger partial charge in [0.2, 0.25) is 0 Å². The second-order valence-electron chi connectivity index (χ2n) is 3.65. The van der Waals surface area contributed by atoms with Gasteiger partial charge in [0.15, 0.2) is 0 Å². The van der Waals surface area contributed by atoms with E-state index in [9.17, 15) is 13.2 Å². The SMILES string of the molecule is CNC(CCC(F)(F)F)c1cncc(OC)c1. The second-order valence-corrected chi connectivity index (χ2v) is 3.65. The maximum Gasteiger partial charge on any atom is 0.389 e. The molecule has 0 spiro atoms. The molecule has 1 unspecified atom stereocenters. The fraction of sp³-hybridized carbons (Fsp3) is 0.545. The maximum absolute atomic E-state index is 12.1. The number of nitrogens with zero attached hydrogens (tertiary/aromatic N) is 1. The van der Waals surface area contributed by atoms with Crippen molar-refractivity contribution in [3.8, 4) is 5.75 Å². The Balaban J connectivity index is 2.72. The summed E-state index contributed by atoms with van der Waals surface area (Å²) in [6.45, 7) is 0. The number of nitrogens with one attached hydrogen (secondary N) is 1. The van der Waals surface area contributed by atoms with E-state index in [-0.39, 0.29) is 12.5 Å². The molecule has 0 saturated carbocycles. The molecule has 0 saturated heterocycles. The van der Waals surface area contributed by atoms with Gasteiger partial charge in [0.1, 0.15) is 5.75 Å². The minimum absolute atomic E-state index is 0.0190. The smallest absolute Gasteiger partial charge is 0.389 e. The number of aromatic nitrogens is 1. The van der Waals surface area contributed by atoms with Crippen molar-refractivity contribution < 1.29 is 17.9 Å². The molecule has 1 heterocycles. The van der Waals surface area contributed by atoms with Gasteiger partial charge in [-0.3, -0.25) is 4.98 Å². The number of alkyl halides is 3. The van der Waals surface area contributed by atoms with Crippen LogP contribution in [0.4, 0.5) is 13.2 Å². The molecule has 0 aromatic carbocycles. The van der Waals surface area contributed by atoms with E-state index in [1.807, 2.05) is 0 Å². The Hall–Kier alpha value is -1.30. The van der Waals surface area contributed by atoms with Gasteiger partial charge >= 0.3 is 6.18 Å². The van der Waals surface area contributed by atoms with Gasteiger partial charge in [-0.05, 0) is 25.1 Å². The average molecular weight is 248 g/mol. The van der Waals surface area contributed by atoms with Gasteiger partial charge < -0.3 is 10.1 Å². The highest BCUT2D eigenvalue weighted by Gasteiger charge is 2.28. The fourth-order valence-electron chi connectivity index (χ4n) is 1.52. The zero-order chi connectivity index (χ0) is 12.9. The van der Waals surface area contributed by atoms with Crippen molar-refractivity contribution >= 4 is 0 Å². The van der Waals surface area contributed by atoms with Crippen LogP contribution in [0.25, 0.3) is 0 Å². The largest absolute Gasteiger partial charge is 0.495 e. The highest BCUT2D eigenvalue weighted by molar-refractivity contribution is 5.25. The lowest BCUT2D eigenvalue weighted by Gasteiger charge is -2.17. The summed E-state index contributed by atoms with van der Waals surface area (Å²) in [7, 11) is 3.12. The summed E-state index contributed by atoms with van der Waals surface area (Å²) in [4.78, 5) is 3.92. The molecular weight excluding hydrogens is 233 g/mol. The third-order valence-corrected chi connectivity index (χ3v) is 2.44. The predicted octanol–water partition coefficient (Wildman–Crippen LogP) is 2.69. The standard InChI is InChI=1S/C11H15F3N2O/c1-15-10(3-4-11(12,13)14)8-5-9(17-2)7-16-6-8/h5-7,10,15H,3-4H2,1-2H3. The van der Waals surface area contributed by atoms with E-state index in [1.54, 1.807) is 19.3 Å². The van der Waals surface area contributed by atoms with E-state index in [4.69, 9.17) is 4.74 Å². The lowest BCUT2D eigenvalue weighted by Crippen LogP contribution is -2.19. The lowest BCUT2D eigenvalue weighted by molar-refractivity contribution is -0.136. The molecule has 0 radical (unpaired) electrons. The number of ether oxygens (including phenoxy) is 1. The normalized spacial score (nSPS) is 13.5. The van der Waals surface area contributed by atoms with Crippen molar-refractivity contribution in [1.29, 1.82) is 0 Å².